The molecule has 1 N–H and O–H groups in total. The maximum atomic E-state index is 12.3. The molecule has 0 aliphatic carbocycles. The summed E-state index contributed by atoms with van der Waals surface area (Å²) in [6.07, 6.45) is 3.44. The van der Waals surface area contributed by atoms with Crippen LogP contribution in [-0.4, -0.2) is 15.9 Å². The highest BCUT2D eigenvalue weighted by Gasteiger charge is 2.15. The average molecular weight is 339 g/mol. The number of pyridine rings is 1. The van der Waals surface area contributed by atoms with Crippen molar-refractivity contribution in [3.05, 3.63) is 76.0 Å². The summed E-state index contributed by atoms with van der Waals surface area (Å²) in [6, 6.07) is 13.3. The van der Waals surface area contributed by atoms with Crippen LogP contribution >= 0.6 is 11.3 Å². The highest BCUT2D eigenvalue weighted by molar-refractivity contribution is 7.13. The second-order valence-electron chi connectivity index (χ2n) is 5.17. The zero-order valence-corrected chi connectivity index (χ0v) is 14.0. The van der Waals surface area contributed by atoms with E-state index in [0.29, 0.717) is 18.0 Å². The Morgan fingerprint density at radius 3 is 2.79 bits per heavy atom. The van der Waals surface area contributed by atoms with Crippen molar-refractivity contribution in [2.24, 2.45) is 0 Å². The lowest BCUT2D eigenvalue weighted by atomic mass is 10.3. The maximum absolute atomic E-state index is 12.3. The lowest BCUT2D eigenvalue weighted by molar-refractivity contribution is 0.0954. The number of aryl methyl sites for hydroxylation is 1. The van der Waals surface area contributed by atoms with Crippen molar-refractivity contribution in [2.75, 3.05) is 0 Å². The van der Waals surface area contributed by atoms with Gasteiger partial charge in [-0.1, -0.05) is 24.3 Å². The molecule has 122 valence electrons. The van der Waals surface area contributed by atoms with Gasteiger partial charge in [0, 0.05) is 18.9 Å². The highest BCUT2D eigenvalue weighted by Crippen LogP contribution is 2.20. The zero-order valence-electron chi connectivity index (χ0n) is 13.2. The van der Waals surface area contributed by atoms with Crippen molar-refractivity contribution in [3.63, 3.8) is 0 Å². The van der Waals surface area contributed by atoms with Crippen molar-refractivity contribution in [2.45, 2.75) is 20.1 Å². The van der Waals surface area contributed by atoms with Gasteiger partial charge in [-0.25, -0.2) is 4.98 Å². The number of hydrogen-bond acceptors (Lipinski definition) is 5. The van der Waals surface area contributed by atoms with E-state index in [0.717, 1.165) is 22.0 Å². The molecule has 2 aromatic heterocycles. The molecule has 0 spiro atoms. The van der Waals surface area contributed by atoms with E-state index in [1.807, 2.05) is 49.4 Å². The van der Waals surface area contributed by atoms with E-state index in [1.54, 1.807) is 12.4 Å². The van der Waals surface area contributed by atoms with Crippen LogP contribution in [-0.2, 0) is 13.2 Å². The zero-order chi connectivity index (χ0) is 16.8. The van der Waals surface area contributed by atoms with Gasteiger partial charge < -0.3 is 10.1 Å². The van der Waals surface area contributed by atoms with E-state index >= 15 is 0 Å². The molecule has 3 aromatic rings. The minimum Gasteiger partial charge on any atom is -0.486 e. The lowest BCUT2D eigenvalue weighted by Gasteiger charge is -2.03. The lowest BCUT2D eigenvalue weighted by Crippen LogP contribution is -2.22. The molecule has 0 saturated heterocycles. The van der Waals surface area contributed by atoms with Crippen molar-refractivity contribution in [1.82, 2.24) is 15.3 Å². The monoisotopic (exact) mass is 339 g/mol. The highest BCUT2D eigenvalue weighted by atomic mass is 32.1. The number of amides is 1. The van der Waals surface area contributed by atoms with E-state index in [4.69, 9.17) is 4.74 Å². The fraction of sp³-hybridized carbons (Fsp3) is 0.167. The summed E-state index contributed by atoms with van der Waals surface area (Å²) >= 11 is 1.36. The topological polar surface area (TPSA) is 64.1 Å². The Bertz CT molecular complexity index is 804. The van der Waals surface area contributed by atoms with Crippen LogP contribution in [0.2, 0.25) is 0 Å². The predicted molar refractivity (Wildman–Crippen MR) is 93.0 cm³/mol. The van der Waals surface area contributed by atoms with Crippen LogP contribution < -0.4 is 10.1 Å². The van der Waals surface area contributed by atoms with Gasteiger partial charge in [-0.2, -0.15) is 0 Å². The Balaban J connectivity index is 1.59. The first-order valence-corrected chi connectivity index (χ1v) is 8.35. The predicted octanol–water partition coefficient (Wildman–Crippen LogP) is 3.36. The van der Waals surface area contributed by atoms with Gasteiger partial charge in [0.15, 0.2) is 0 Å². The summed E-state index contributed by atoms with van der Waals surface area (Å²) < 4.78 is 5.68. The molecule has 24 heavy (non-hydrogen) atoms. The number of rotatable bonds is 6. The summed E-state index contributed by atoms with van der Waals surface area (Å²) in [7, 11) is 0. The fourth-order valence-electron chi connectivity index (χ4n) is 2.15. The summed E-state index contributed by atoms with van der Waals surface area (Å²) in [5.41, 5.74) is 1.68. The van der Waals surface area contributed by atoms with Crippen LogP contribution in [0.1, 0.15) is 25.9 Å². The van der Waals surface area contributed by atoms with Crippen molar-refractivity contribution in [3.8, 4) is 5.75 Å². The number of ether oxygens (including phenoxy) is 1. The van der Waals surface area contributed by atoms with Gasteiger partial charge >= 0.3 is 0 Å². The summed E-state index contributed by atoms with van der Waals surface area (Å²) in [5.74, 6) is 0.660. The molecule has 0 fully saturated rings. The molecule has 1 amide bonds. The summed E-state index contributed by atoms with van der Waals surface area (Å²) in [4.78, 5) is 21.4. The van der Waals surface area contributed by atoms with Crippen LogP contribution in [0.5, 0.6) is 5.75 Å². The molecule has 0 atom stereocenters. The van der Waals surface area contributed by atoms with Gasteiger partial charge in [0.05, 0.1) is 5.69 Å². The number of para-hydroxylation sites is 1. The van der Waals surface area contributed by atoms with Crippen LogP contribution in [0.25, 0.3) is 0 Å². The Morgan fingerprint density at radius 1 is 1.21 bits per heavy atom. The number of thiazole rings is 1. The molecule has 5 nitrogen and oxygen atoms in total. The van der Waals surface area contributed by atoms with E-state index in [2.05, 4.69) is 15.3 Å². The van der Waals surface area contributed by atoms with Crippen LogP contribution in [0.3, 0.4) is 0 Å². The summed E-state index contributed by atoms with van der Waals surface area (Å²) in [6.45, 7) is 2.63. The Kier molecular flexibility index (Phi) is 5.18. The standard InChI is InChI=1S/C18H17N3O2S/c1-13-17(18(22)20-11-14-6-5-9-19-10-14)24-16(21-13)12-23-15-7-3-2-4-8-15/h2-10H,11-12H2,1H3,(H,20,22). The number of benzene rings is 1. The SMILES string of the molecule is Cc1nc(COc2ccccc2)sc1C(=O)NCc1cccnc1. The first-order valence-electron chi connectivity index (χ1n) is 7.53. The fourth-order valence-corrected chi connectivity index (χ4v) is 3.05. The second-order valence-corrected chi connectivity index (χ2v) is 6.25. The minimum absolute atomic E-state index is 0.125. The van der Waals surface area contributed by atoms with Gasteiger partial charge in [-0.05, 0) is 30.7 Å². The Labute approximate surface area is 144 Å². The van der Waals surface area contributed by atoms with E-state index < -0.39 is 0 Å². The molecule has 0 unspecified atom stereocenters. The number of nitrogens with zero attached hydrogens (tertiary/aromatic N) is 2. The summed E-state index contributed by atoms with van der Waals surface area (Å²) in [5, 5.41) is 3.67. The number of hydrogen-bond donors (Lipinski definition) is 1. The molecular weight excluding hydrogens is 322 g/mol. The third-order valence-electron chi connectivity index (χ3n) is 3.33. The smallest absolute Gasteiger partial charge is 0.263 e. The molecule has 0 aliphatic heterocycles. The van der Waals surface area contributed by atoms with E-state index in [-0.39, 0.29) is 5.91 Å². The van der Waals surface area contributed by atoms with Gasteiger partial charge in [-0.15, -0.1) is 11.3 Å². The van der Waals surface area contributed by atoms with Crippen LogP contribution in [0.4, 0.5) is 0 Å². The number of aromatic nitrogens is 2. The largest absolute Gasteiger partial charge is 0.486 e. The molecule has 6 heteroatoms. The van der Waals surface area contributed by atoms with Crippen LogP contribution in [0, 0.1) is 6.92 Å². The van der Waals surface area contributed by atoms with Gasteiger partial charge in [0.2, 0.25) is 0 Å². The first-order chi connectivity index (χ1) is 11.7. The normalized spacial score (nSPS) is 10.4. The Morgan fingerprint density at radius 2 is 2.04 bits per heavy atom. The first kappa shape index (κ1) is 16.1. The Hall–Kier alpha value is -2.73. The van der Waals surface area contributed by atoms with E-state index in [9.17, 15) is 4.79 Å². The molecule has 0 bridgehead atoms. The van der Waals surface area contributed by atoms with Crippen molar-refractivity contribution in [1.29, 1.82) is 0 Å². The van der Waals surface area contributed by atoms with E-state index in [1.165, 1.54) is 11.3 Å². The maximum Gasteiger partial charge on any atom is 0.263 e. The number of nitrogens with one attached hydrogen (secondary N) is 1. The van der Waals surface area contributed by atoms with Gasteiger partial charge in [-0.3, -0.25) is 9.78 Å². The molecule has 0 saturated carbocycles. The van der Waals surface area contributed by atoms with Gasteiger partial charge in [0.25, 0.3) is 5.91 Å². The molecular formula is C18H17N3O2S. The average Bonchev–Trinajstić information content (AvgIpc) is 3.00. The third kappa shape index (κ3) is 4.17. The van der Waals surface area contributed by atoms with Crippen LogP contribution in [0.15, 0.2) is 54.9 Å². The molecule has 0 radical (unpaired) electrons. The number of carbonyl (C=O) groups is 1. The molecule has 3 rings (SSSR count). The van der Waals surface area contributed by atoms with Gasteiger partial charge in [0.1, 0.15) is 22.2 Å². The third-order valence-corrected chi connectivity index (χ3v) is 4.46. The van der Waals surface area contributed by atoms with Crippen molar-refractivity contribution >= 4 is 17.2 Å². The number of carbonyl (C=O) groups excluding carboxylic acids is 1. The molecule has 0 aliphatic rings. The second kappa shape index (κ2) is 7.70. The minimum atomic E-state index is -0.125. The van der Waals surface area contributed by atoms with Crippen molar-refractivity contribution < 1.29 is 9.53 Å². The molecule has 1 aromatic carbocycles. The molecule has 2 heterocycles. The quantitative estimate of drug-likeness (QED) is 0.748.